The predicted molar refractivity (Wildman–Crippen MR) is 239 cm³/mol. The second-order valence-electron chi connectivity index (χ2n) is 16.4. The number of aromatic nitrogens is 2. The summed E-state index contributed by atoms with van der Waals surface area (Å²) >= 11 is 0. The van der Waals surface area contributed by atoms with E-state index in [-0.39, 0.29) is 22.1 Å². The Bertz CT molecular complexity index is 2500. The summed E-state index contributed by atoms with van der Waals surface area (Å²) in [6.07, 6.45) is 13.4. The molecule has 0 amide bonds. The van der Waals surface area contributed by atoms with E-state index in [9.17, 15) is 28.5 Å². The van der Waals surface area contributed by atoms with Crippen LogP contribution in [0.1, 0.15) is 105 Å². The highest BCUT2D eigenvalue weighted by Gasteiger charge is 2.45. The van der Waals surface area contributed by atoms with Gasteiger partial charge in [0, 0.05) is 29.3 Å². The van der Waals surface area contributed by atoms with Crippen LogP contribution in [0.3, 0.4) is 0 Å². The molecule has 12 nitrogen and oxygen atoms in total. The van der Waals surface area contributed by atoms with Gasteiger partial charge in [0.05, 0.1) is 24.4 Å². The molecule has 0 radical (unpaired) electrons. The third-order valence-corrected chi connectivity index (χ3v) is 12.8. The van der Waals surface area contributed by atoms with Crippen LogP contribution in [0.25, 0.3) is 21.7 Å². The molecule has 0 spiro atoms. The van der Waals surface area contributed by atoms with Crippen LogP contribution >= 0.6 is 0 Å². The number of aliphatic hydroxyl groups excluding tert-OH is 1. The molecule has 2 atom stereocenters. The SMILES string of the molecule is CN(CCCCCCCCCNCC(O)c1ccc(O)c2[nH]c(=O)ccc12)Cc1cnc(C(O)(c2ccccc2)C2CCCC2)o1.Cc1cccc2c(S(=O)(=O)O)cccc12. The number of H-pyrrole nitrogens is 1. The minimum atomic E-state index is -4.15. The van der Waals surface area contributed by atoms with E-state index in [4.69, 9.17) is 8.97 Å². The van der Waals surface area contributed by atoms with Gasteiger partial charge >= 0.3 is 0 Å². The summed E-state index contributed by atoms with van der Waals surface area (Å²) in [4.78, 5) is 21.1. The standard InChI is InChI=1S/C37H50N4O5.C11H10O3S/c1-41(26-29-24-39-36(46-29)37(45,28-16-10-11-17-28)27-14-8-7-9-15-27)23-13-6-4-2-3-5-12-22-38-25-33(43)30-18-20-32(42)35-31(30)19-21-34(44)40-35;1-8-4-2-6-10-9(8)5-3-7-11(10)15(12,13)14/h7-9,14-15,18-21,24,28,33,38,42-43,45H,2-6,10-13,16-17,22-23,25-26H2,1H3,(H,40,44);2-7H,1H3,(H,12,13,14). The van der Waals surface area contributed by atoms with Crippen molar-refractivity contribution in [2.24, 2.45) is 5.92 Å². The van der Waals surface area contributed by atoms with E-state index in [1.807, 2.05) is 49.4 Å². The van der Waals surface area contributed by atoms with E-state index in [0.29, 0.717) is 40.8 Å². The fourth-order valence-electron chi connectivity index (χ4n) is 8.55. The molecule has 2 heterocycles. The number of phenolic OH excluding ortho intramolecular Hbond substituents is 1. The Labute approximate surface area is 358 Å². The zero-order valence-electron chi connectivity index (χ0n) is 35.2. The lowest BCUT2D eigenvalue weighted by atomic mass is 9.80. The van der Waals surface area contributed by atoms with Crippen molar-refractivity contribution in [2.45, 2.75) is 101 Å². The molecule has 4 aromatic carbocycles. The Hall–Kier alpha value is -4.89. The lowest BCUT2D eigenvalue weighted by molar-refractivity contribution is -0.00726. The van der Waals surface area contributed by atoms with E-state index >= 15 is 0 Å². The van der Waals surface area contributed by atoms with Crippen molar-refractivity contribution in [3.8, 4) is 5.75 Å². The number of phenols is 1. The van der Waals surface area contributed by atoms with Gasteiger partial charge in [-0.15, -0.1) is 0 Å². The Morgan fingerprint density at radius 3 is 2.30 bits per heavy atom. The zero-order valence-corrected chi connectivity index (χ0v) is 36.0. The van der Waals surface area contributed by atoms with Crippen molar-refractivity contribution >= 4 is 31.8 Å². The molecule has 326 valence electrons. The number of fused-ring (bicyclic) bond motifs is 2. The zero-order chi connectivity index (χ0) is 43.4. The van der Waals surface area contributed by atoms with Gasteiger partial charge in [0.15, 0.2) is 5.60 Å². The summed E-state index contributed by atoms with van der Waals surface area (Å²) in [7, 11) is -2.04. The number of aromatic amines is 1. The number of unbranched alkanes of at least 4 members (excludes halogenated alkanes) is 6. The van der Waals surface area contributed by atoms with Gasteiger partial charge in [-0.1, -0.05) is 112 Å². The molecule has 0 aliphatic heterocycles. The molecule has 2 unspecified atom stereocenters. The van der Waals surface area contributed by atoms with Crippen LogP contribution in [-0.2, 0) is 22.3 Å². The first-order chi connectivity index (χ1) is 29.4. The van der Waals surface area contributed by atoms with E-state index in [1.165, 1.54) is 43.9 Å². The second-order valence-corrected chi connectivity index (χ2v) is 17.8. The Morgan fingerprint density at radius 1 is 0.869 bits per heavy atom. The fourth-order valence-corrected chi connectivity index (χ4v) is 9.26. The number of nitrogens with zero attached hydrogens (tertiary/aromatic N) is 2. The topological polar surface area (TPSA) is 189 Å². The maximum absolute atomic E-state index is 11.9. The molecule has 2 aromatic heterocycles. The number of aryl methyl sites for hydroxylation is 1. The number of oxazole rings is 1. The van der Waals surface area contributed by atoms with Crippen molar-refractivity contribution in [1.82, 2.24) is 20.2 Å². The summed E-state index contributed by atoms with van der Waals surface area (Å²) in [5.74, 6) is 1.33. The van der Waals surface area contributed by atoms with Crippen LogP contribution in [-0.4, -0.2) is 69.8 Å². The van der Waals surface area contributed by atoms with E-state index in [2.05, 4.69) is 27.2 Å². The summed E-state index contributed by atoms with van der Waals surface area (Å²) in [6, 6.07) is 26.3. The molecule has 13 heteroatoms. The average Bonchev–Trinajstić information content (AvgIpc) is 3.97. The van der Waals surface area contributed by atoms with Crippen LogP contribution in [0.5, 0.6) is 5.75 Å². The predicted octanol–water partition coefficient (Wildman–Crippen LogP) is 8.53. The van der Waals surface area contributed by atoms with Crippen molar-refractivity contribution in [3.05, 3.63) is 136 Å². The van der Waals surface area contributed by atoms with Crippen LogP contribution < -0.4 is 10.9 Å². The number of benzene rings is 4. The van der Waals surface area contributed by atoms with Gasteiger partial charge in [0.2, 0.25) is 11.4 Å². The molecule has 7 rings (SSSR count). The van der Waals surface area contributed by atoms with Gasteiger partial charge in [-0.05, 0) is 93.0 Å². The summed E-state index contributed by atoms with van der Waals surface area (Å²) in [6.45, 7) is 4.81. The van der Waals surface area contributed by atoms with Crippen LogP contribution in [0.4, 0.5) is 0 Å². The third kappa shape index (κ3) is 11.7. The molecular weight excluding hydrogens is 793 g/mol. The summed E-state index contributed by atoms with van der Waals surface area (Å²) < 4.78 is 37.5. The summed E-state index contributed by atoms with van der Waals surface area (Å²) in [5.41, 5.74) is 1.41. The monoisotopic (exact) mass is 852 g/mol. The van der Waals surface area contributed by atoms with E-state index < -0.39 is 21.8 Å². The van der Waals surface area contributed by atoms with Crippen LogP contribution in [0.15, 0.2) is 111 Å². The molecule has 1 aliphatic carbocycles. The number of pyridine rings is 1. The molecule has 0 bridgehead atoms. The van der Waals surface area contributed by atoms with Crippen LogP contribution in [0.2, 0.25) is 0 Å². The smallest absolute Gasteiger partial charge is 0.295 e. The number of hydrogen-bond donors (Lipinski definition) is 6. The van der Waals surface area contributed by atoms with Crippen LogP contribution in [0, 0.1) is 12.8 Å². The molecule has 6 aromatic rings. The van der Waals surface area contributed by atoms with Gasteiger partial charge in [-0.25, -0.2) is 4.98 Å². The Morgan fingerprint density at radius 2 is 1.56 bits per heavy atom. The van der Waals surface area contributed by atoms with E-state index in [0.717, 1.165) is 80.3 Å². The molecule has 0 saturated heterocycles. The molecular formula is C48H60N4O8S. The fraction of sp³-hybridized carbons (Fsp3) is 0.417. The number of aromatic hydroxyl groups is 1. The number of rotatable bonds is 19. The van der Waals surface area contributed by atoms with Crippen molar-refractivity contribution in [1.29, 1.82) is 0 Å². The highest BCUT2D eigenvalue weighted by atomic mass is 32.2. The maximum atomic E-state index is 11.9. The Kier molecular flexibility index (Phi) is 15.9. The number of hydrogen-bond acceptors (Lipinski definition) is 10. The second kappa shape index (κ2) is 21.3. The molecule has 1 saturated carbocycles. The van der Waals surface area contributed by atoms with Gasteiger partial charge in [0.1, 0.15) is 16.4 Å². The largest absolute Gasteiger partial charge is 0.506 e. The summed E-state index contributed by atoms with van der Waals surface area (Å²) in [5, 5.41) is 38.0. The third-order valence-electron chi connectivity index (χ3n) is 11.8. The first kappa shape index (κ1) is 45.6. The minimum Gasteiger partial charge on any atom is -0.506 e. The number of aliphatic hydroxyl groups is 2. The highest BCUT2D eigenvalue weighted by molar-refractivity contribution is 7.86. The maximum Gasteiger partial charge on any atom is 0.295 e. The quantitative estimate of drug-likeness (QED) is 0.0339. The van der Waals surface area contributed by atoms with Crippen molar-refractivity contribution in [3.63, 3.8) is 0 Å². The van der Waals surface area contributed by atoms with E-state index in [1.54, 1.807) is 36.5 Å². The van der Waals surface area contributed by atoms with Gasteiger partial charge < -0.3 is 30.0 Å². The lowest BCUT2D eigenvalue weighted by Gasteiger charge is -2.31. The molecule has 1 fully saturated rings. The van der Waals surface area contributed by atoms with Crippen molar-refractivity contribution in [2.75, 3.05) is 26.7 Å². The average molecular weight is 853 g/mol. The minimum absolute atomic E-state index is 0.00287. The number of nitrogens with one attached hydrogen (secondary N) is 2. The highest BCUT2D eigenvalue weighted by Crippen LogP contribution is 2.44. The first-order valence-electron chi connectivity index (χ1n) is 21.5. The van der Waals surface area contributed by atoms with Gasteiger partial charge in [-0.2, -0.15) is 8.42 Å². The first-order valence-corrected chi connectivity index (χ1v) is 22.9. The lowest BCUT2D eigenvalue weighted by Crippen LogP contribution is -2.35. The Balaban J connectivity index is 0.000000347. The van der Waals surface area contributed by atoms with Crippen molar-refractivity contribution < 1.29 is 32.7 Å². The van der Waals surface area contributed by atoms with Gasteiger partial charge in [-0.3, -0.25) is 14.2 Å². The normalized spacial score (nSPS) is 14.9. The molecule has 1 aliphatic rings. The molecule has 6 N–H and O–H groups in total. The van der Waals surface area contributed by atoms with Gasteiger partial charge in [0.25, 0.3) is 10.1 Å². The molecule has 61 heavy (non-hydrogen) atoms.